The number of amides is 1. The van der Waals surface area contributed by atoms with Gasteiger partial charge in [-0.05, 0) is 18.2 Å². The fourth-order valence-electron chi connectivity index (χ4n) is 3.34. The van der Waals surface area contributed by atoms with Gasteiger partial charge in [-0.25, -0.2) is 22.8 Å². The lowest BCUT2D eigenvalue weighted by atomic mass is 10.3. The molecule has 0 atom stereocenters. The normalized spacial score (nSPS) is 11.9. The lowest BCUT2D eigenvalue weighted by Crippen LogP contribution is -2.42. The van der Waals surface area contributed by atoms with Crippen molar-refractivity contribution in [2.75, 3.05) is 18.4 Å². The van der Waals surface area contributed by atoms with E-state index in [1.807, 2.05) is 0 Å². The van der Waals surface area contributed by atoms with Gasteiger partial charge in [-0.1, -0.05) is 25.4 Å². The highest BCUT2D eigenvalue weighted by atomic mass is 35.5. The monoisotopic (exact) mass is 482 g/mol. The van der Waals surface area contributed by atoms with Crippen molar-refractivity contribution in [2.45, 2.75) is 25.3 Å². The fourth-order valence-corrected chi connectivity index (χ4v) is 4.99. The molecule has 2 heterocycles. The third kappa shape index (κ3) is 4.08. The Hall–Kier alpha value is -2.96. The molecule has 0 aliphatic heterocycles. The molecule has 172 valence electrons. The molecule has 0 aliphatic carbocycles. The van der Waals surface area contributed by atoms with E-state index in [4.69, 9.17) is 11.6 Å². The van der Waals surface area contributed by atoms with Gasteiger partial charge in [-0.15, -0.1) is 0 Å². The molecule has 0 radical (unpaired) electrons. The Balaban J connectivity index is 1.95. The summed E-state index contributed by atoms with van der Waals surface area (Å²) < 4.78 is 30.2. The van der Waals surface area contributed by atoms with E-state index in [1.54, 1.807) is 20.9 Å². The molecule has 32 heavy (non-hydrogen) atoms. The number of imidazole rings is 1. The van der Waals surface area contributed by atoms with Crippen LogP contribution in [0.15, 0.2) is 39.0 Å². The largest absolute Gasteiger partial charge is 0.332 e. The number of benzene rings is 1. The molecule has 0 saturated carbocycles. The number of rotatable bonds is 7. The average molecular weight is 483 g/mol. The molecular formula is C19H23ClN6O5S. The maximum Gasteiger partial charge on any atom is 0.332 e. The van der Waals surface area contributed by atoms with Crippen LogP contribution in [0.25, 0.3) is 11.2 Å². The summed E-state index contributed by atoms with van der Waals surface area (Å²) in [6.45, 7) is 3.42. The zero-order valence-corrected chi connectivity index (χ0v) is 19.6. The molecule has 11 nitrogen and oxygen atoms in total. The number of fused-ring (bicyclic) bond motifs is 1. The van der Waals surface area contributed by atoms with Crippen LogP contribution in [-0.4, -0.2) is 50.4 Å². The van der Waals surface area contributed by atoms with Crippen molar-refractivity contribution >= 4 is 44.4 Å². The first-order chi connectivity index (χ1) is 15.0. The maximum absolute atomic E-state index is 12.8. The van der Waals surface area contributed by atoms with Crippen LogP contribution in [0.5, 0.6) is 0 Å². The van der Waals surface area contributed by atoms with Crippen LogP contribution in [0.2, 0.25) is 5.02 Å². The first kappa shape index (κ1) is 23.7. The van der Waals surface area contributed by atoms with Crippen LogP contribution in [0.1, 0.15) is 13.8 Å². The summed E-state index contributed by atoms with van der Waals surface area (Å²) in [6, 6.07) is 3.96. The molecule has 1 N–H and O–H groups in total. The summed E-state index contributed by atoms with van der Waals surface area (Å²) >= 11 is 6.14. The molecule has 3 aromatic rings. The predicted octanol–water partition coefficient (Wildman–Crippen LogP) is 0.756. The fraction of sp³-hybridized carbons (Fsp3) is 0.368. The van der Waals surface area contributed by atoms with Gasteiger partial charge in [0, 0.05) is 27.2 Å². The summed E-state index contributed by atoms with van der Waals surface area (Å²) in [4.78, 5) is 42.0. The topological polar surface area (TPSA) is 128 Å². The number of hydrogen-bond donors (Lipinski definition) is 1. The van der Waals surface area contributed by atoms with Crippen molar-refractivity contribution in [1.29, 1.82) is 0 Å². The van der Waals surface area contributed by atoms with Gasteiger partial charge in [0.25, 0.3) is 5.56 Å². The molecule has 1 aromatic carbocycles. The minimum absolute atomic E-state index is 0.0368. The Morgan fingerprint density at radius 3 is 2.47 bits per heavy atom. The van der Waals surface area contributed by atoms with Crippen molar-refractivity contribution in [3.05, 3.63) is 50.4 Å². The molecule has 2 aromatic heterocycles. The Kier molecular flexibility index (Phi) is 6.58. The maximum atomic E-state index is 12.8. The highest BCUT2D eigenvalue weighted by molar-refractivity contribution is 7.89. The van der Waals surface area contributed by atoms with E-state index < -0.39 is 33.7 Å². The number of nitrogens with one attached hydrogen (secondary N) is 1. The van der Waals surface area contributed by atoms with Crippen molar-refractivity contribution in [3.63, 3.8) is 0 Å². The van der Waals surface area contributed by atoms with Gasteiger partial charge < -0.3 is 9.88 Å². The quantitative estimate of drug-likeness (QED) is 0.529. The van der Waals surface area contributed by atoms with Gasteiger partial charge in [0.05, 0.1) is 21.9 Å². The summed E-state index contributed by atoms with van der Waals surface area (Å²) in [6.07, 6.45) is 1.40. The number of carbonyl (C=O) groups is 1. The van der Waals surface area contributed by atoms with Crippen molar-refractivity contribution in [2.24, 2.45) is 14.1 Å². The lowest BCUT2D eigenvalue weighted by Gasteiger charge is -2.19. The Bertz CT molecular complexity index is 1420. The number of hydrogen-bond acceptors (Lipinski definition) is 6. The third-order valence-electron chi connectivity index (χ3n) is 5.06. The van der Waals surface area contributed by atoms with Crippen LogP contribution in [0, 0.1) is 0 Å². The number of carbonyl (C=O) groups excluding carboxylic acids is 1. The molecule has 13 heteroatoms. The Morgan fingerprint density at radius 2 is 1.84 bits per heavy atom. The zero-order valence-electron chi connectivity index (χ0n) is 18.0. The Labute approximate surface area is 188 Å². The number of aromatic nitrogens is 4. The number of anilines is 1. The van der Waals surface area contributed by atoms with Crippen LogP contribution in [0.3, 0.4) is 0 Å². The van der Waals surface area contributed by atoms with Crippen LogP contribution in [0.4, 0.5) is 5.69 Å². The van der Waals surface area contributed by atoms with E-state index >= 15 is 0 Å². The van der Waals surface area contributed by atoms with Gasteiger partial charge in [-0.2, -0.15) is 4.31 Å². The van der Waals surface area contributed by atoms with Crippen molar-refractivity contribution in [1.82, 2.24) is 23.0 Å². The molecule has 0 fully saturated rings. The second kappa shape index (κ2) is 8.88. The minimum Gasteiger partial charge on any atom is -0.328 e. The molecule has 0 bridgehead atoms. The highest BCUT2D eigenvalue weighted by Crippen LogP contribution is 2.27. The van der Waals surface area contributed by atoms with Crippen molar-refractivity contribution in [3.8, 4) is 0 Å². The summed E-state index contributed by atoms with van der Waals surface area (Å²) in [5, 5.41) is 2.60. The molecule has 1 amide bonds. The van der Waals surface area contributed by atoms with Crippen LogP contribution in [-0.2, 0) is 35.5 Å². The molecule has 0 aliphatic rings. The highest BCUT2D eigenvalue weighted by Gasteiger charge is 2.23. The number of halogens is 1. The van der Waals surface area contributed by atoms with Gasteiger partial charge in [0.2, 0.25) is 15.9 Å². The SMILES string of the molecule is CCN(CC)S(=O)(=O)c1ccc(Cl)c(NC(=O)Cn2c(=O)c3c(ncn3C)n(C)c2=O)c1. The van der Waals surface area contributed by atoms with E-state index in [9.17, 15) is 22.8 Å². The standard InChI is InChI=1S/C19H23ClN6O5S/c1-5-25(6-2)32(30,31)12-7-8-13(20)14(9-12)22-15(27)10-26-18(28)16-17(21-11-23(16)3)24(4)19(26)29/h7-9,11H,5-6,10H2,1-4H3,(H,22,27). The van der Waals surface area contributed by atoms with E-state index in [-0.39, 0.29) is 39.9 Å². The third-order valence-corrected chi connectivity index (χ3v) is 7.43. The van der Waals surface area contributed by atoms with E-state index in [0.29, 0.717) is 0 Å². The predicted molar refractivity (Wildman–Crippen MR) is 120 cm³/mol. The molecular weight excluding hydrogens is 460 g/mol. The molecule has 0 unspecified atom stereocenters. The summed E-state index contributed by atoms with van der Waals surface area (Å²) in [5.41, 5.74) is -0.944. The van der Waals surface area contributed by atoms with Crippen LogP contribution >= 0.6 is 11.6 Å². The van der Waals surface area contributed by atoms with Crippen LogP contribution < -0.4 is 16.6 Å². The number of nitrogens with zero attached hydrogens (tertiary/aromatic N) is 5. The zero-order chi connectivity index (χ0) is 23.8. The van der Waals surface area contributed by atoms with Gasteiger partial charge in [0.1, 0.15) is 6.54 Å². The Morgan fingerprint density at radius 1 is 1.19 bits per heavy atom. The lowest BCUT2D eigenvalue weighted by molar-refractivity contribution is -0.116. The second-order valence-electron chi connectivity index (χ2n) is 7.04. The smallest absolute Gasteiger partial charge is 0.328 e. The number of aryl methyl sites for hydroxylation is 2. The van der Waals surface area contributed by atoms with E-state index in [1.165, 1.54) is 45.0 Å². The summed E-state index contributed by atoms with van der Waals surface area (Å²) in [7, 11) is -0.719. The van der Waals surface area contributed by atoms with E-state index in [0.717, 1.165) is 4.57 Å². The van der Waals surface area contributed by atoms with Crippen molar-refractivity contribution < 1.29 is 13.2 Å². The van der Waals surface area contributed by atoms with E-state index in [2.05, 4.69) is 10.3 Å². The number of sulfonamides is 1. The average Bonchev–Trinajstić information content (AvgIpc) is 3.13. The molecule has 3 rings (SSSR count). The first-order valence-electron chi connectivity index (χ1n) is 9.73. The summed E-state index contributed by atoms with van der Waals surface area (Å²) in [5.74, 6) is -0.718. The van der Waals surface area contributed by atoms with Gasteiger partial charge in [0.15, 0.2) is 11.2 Å². The second-order valence-corrected chi connectivity index (χ2v) is 9.38. The molecule has 0 spiro atoms. The van der Waals surface area contributed by atoms with Gasteiger partial charge in [-0.3, -0.25) is 14.2 Å². The molecule has 0 saturated heterocycles. The minimum atomic E-state index is -3.77. The first-order valence-corrected chi connectivity index (χ1v) is 11.5. The van der Waals surface area contributed by atoms with Gasteiger partial charge >= 0.3 is 5.69 Å².